The van der Waals surface area contributed by atoms with Crippen LogP contribution >= 0.6 is 11.6 Å². The van der Waals surface area contributed by atoms with Gasteiger partial charge in [0.2, 0.25) is 0 Å². The average Bonchev–Trinajstić information content (AvgIpc) is 2.27. The molecule has 0 aliphatic rings. The quantitative estimate of drug-likeness (QED) is 0.731. The summed E-state index contributed by atoms with van der Waals surface area (Å²) in [5.74, 6) is 0. The van der Waals surface area contributed by atoms with Crippen molar-refractivity contribution in [2.24, 2.45) is 0 Å². The maximum Gasteiger partial charge on any atom is 0.0435 e. The Kier molecular flexibility index (Phi) is 6.56. The average molecular weight is 255 g/mol. The van der Waals surface area contributed by atoms with Crippen LogP contribution in [0.3, 0.4) is 0 Å². The normalized spacial score (nSPS) is 11.1. The number of halogens is 1. The van der Waals surface area contributed by atoms with Crippen molar-refractivity contribution in [2.75, 3.05) is 13.1 Å². The van der Waals surface area contributed by atoms with Gasteiger partial charge in [-0.15, -0.1) is 0 Å². The second-order valence-corrected chi connectivity index (χ2v) is 5.13. The lowest BCUT2D eigenvalue weighted by atomic mass is 10.1. The summed E-state index contributed by atoms with van der Waals surface area (Å²) in [6.07, 6.45) is 1.16. The van der Waals surface area contributed by atoms with E-state index in [2.05, 4.69) is 36.6 Å². The topological polar surface area (TPSA) is 24.1 Å². The fourth-order valence-electron chi connectivity index (χ4n) is 1.65. The zero-order valence-corrected chi connectivity index (χ0v) is 11.8. The number of benzene rings is 1. The minimum absolute atomic E-state index is 0.578. The van der Waals surface area contributed by atoms with Gasteiger partial charge in [-0.2, -0.15) is 0 Å². The van der Waals surface area contributed by atoms with E-state index in [1.807, 2.05) is 13.0 Å². The highest BCUT2D eigenvalue weighted by atomic mass is 35.5. The summed E-state index contributed by atoms with van der Waals surface area (Å²) in [7, 11) is 0. The number of aryl methyl sites for hydroxylation is 1. The Labute approximate surface area is 110 Å². The van der Waals surface area contributed by atoms with Crippen LogP contribution < -0.4 is 10.6 Å². The van der Waals surface area contributed by atoms with Crippen LogP contribution in [0.2, 0.25) is 5.02 Å². The first-order chi connectivity index (χ1) is 8.09. The largest absolute Gasteiger partial charge is 0.314 e. The molecular formula is C14H23ClN2. The molecule has 0 unspecified atom stereocenters. The minimum Gasteiger partial charge on any atom is -0.314 e. The summed E-state index contributed by atoms with van der Waals surface area (Å²) in [6.45, 7) is 9.41. The second-order valence-electron chi connectivity index (χ2n) is 4.72. The first kappa shape index (κ1) is 14.5. The molecule has 0 spiro atoms. The van der Waals surface area contributed by atoms with E-state index in [0.29, 0.717) is 6.04 Å². The van der Waals surface area contributed by atoms with Crippen LogP contribution in [0.15, 0.2) is 18.2 Å². The molecule has 0 atom stereocenters. The van der Waals surface area contributed by atoms with Gasteiger partial charge in [0.1, 0.15) is 0 Å². The first-order valence-corrected chi connectivity index (χ1v) is 6.66. The fourth-order valence-corrected chi connectivity index (χ4v) is 1.77. The molecule has 96 valence electrons. The molecule has 0 aliphatic carbocycles. The first-order valence-electron chi connectivity index (χ1n) is 6.28. The highest BCUT2D eigenvalue weighted by Crippen LogP contribution is 2.15. The van der Waals surface area contributed by atoms with Crippen molar-refractivity contribution in [1.82, 2.24) is 10.6 Å². The third kappa shape index (κ3) is 6.06. The third-order valence-corrected chi connectivity index (χ3v) is 3.06. The lowest BCUT2D eigenvalue weighted by Crippen LogP contribution is -2.26. The molecule has 1 rings (SSSR count). The summed E-state index contributed by atoms with van der Waals surface area (Å²) >= 11 is 5.98. The molecule has 0 amide bonds. The molecule has 0 bridgehead atoms. The Morgan fingerprint density at radius 2 is 2.00 bits per heavy atom. The summed E-state index contributed by atoms with van der Waals surface area (Å²) in [5, 5.41) is 7.68. The number of hydrogen-bond acceptors (Lipinski definition) is 2. The van der Waals surface area contributed by atoms with E-state index in [4.69, 9.17) is 11.6 Å². The van der Waals surface area contributed by atoms with Crippen molar-refractivity contribution < 1.29 is 0 Å². The van der Waals surface area contributed by atoms with Gasteiger partial charge in [-0.25, -0.2) is 0 Å². The Balaban J connectivity index is 2.16. The van der Waals surface area contributed by atoms with Crippen molar-refractivity contribution in [1.29, 1.82) is 0 Å². The lowest BCUT2D eigenvalue weighted by Gasteiger charge is -2.09. The highest BCUT2D eigenvalue weighted by Gasteiger charge is 1.97. The van der Waals surface area contributed by atoms with E-state index >= 15 is 0 Å². The predicted octanol–water partition coefficient (Wildman–Crippen LogP) is 3.13. The van der Waals surface area contributed by atoms with Gasteiger partial charge in [-0.05, 0) is 43.6 Å². The van der Waals surface area contributed by atoms with Crippen molar-refractivity contribution >= 4 is 11.6 Å². The van der Waals surface area contributed by atoms with Crippen molar-refractivity contribution in [3.63, 3.8) is 0 Å². The minimum atomic E-state index is 0.578. The molecule has 3 heteroatoms. The van der Waals surface area contributed by atoms with E-state index in [9.17, 15) is 0 Å². The maximum atomic E-state index is 5.98. The van der Waals surface area contributed by atoms with Gasteiger partial charge in [-0.3, -0.25) is 0 Å². The zero-order chi connectivity index (χ0) is 12.7. The van der Waals surface area contributed by atoms with Gasteiger partial charge < -0.3 is 10.6 Å². The van der Waals surface area contributed by atoms with E-state index in [0.717, 1.165) is 36.6 Å². The maximum absolute atomic E-state index is 5.98. The van der Waals surface area contributed by atoms with E-state index in [1.54, 1.807) is 0 Å². The number of nitrogens with one attached hydrogen (secondary N) is 2. The molecule has 2 nitrogen and oxygen atoms in total. The van der Waals surface area contributed by atoms with Crippen molar-refractivity contribution in [3.8, 4) is 0 Å². The van der Waals surface area contributed by atoms with E-state index in [-0.39, 0.29) is 0 Å². The smallest absolute Gasteiger partial charge is 0.0435 e. The van der Waals surface area contributed by atoms with Gasteiger partial charge in [0.25, 0.3) is 0 Å². The Morgan fingerprint density at radius 1 is 1.24 bits per heavy atom. The van der Waals surface area contributed by atoms with Gasteiger partial charge >= 0.3 is 0 Å². The van der Waals surface area contributed by atoms with Crippen molar-refractivity contribution in [2.45, 2.75) is 39.8 Å². The van der Waals surface area contributed by atoms with Gasteiger partial charge in [0, 0.05) is 17.6 Å². The van der Waals surface area contributed by atoms with Gasteiger partial charge in [0.05, 0.1) is 0 Å². The summed E-state index contributed by atoms with van der Waals surface area (Å²) < 4.78 is 0. The van der Waals surface area contributed by atoms with E-state index < -0.39 is 0 Å². The molecule has 0 aromatic heterocycles. The molecule has 0 radical (unpaired) electrons. The fraction of sp³-hybridized carbons (Fsp3) is 0.571. The monoisotopic (exact) mass is 254 g/mol. The van der Waals surface area contributed by atoms with Crippen LogP contribution in [0, 0.1) is 6.92 Å². The molecule has 1 aromatic rings. The van der Waals surface area contributed by atoms with Crippen LogP contribution in [-0.2, 0) is 6.54 Å². The van der Waals surface area contributed by atoms with Crippen LogP contribution in [0.5, 0.6) is 0 Å². The molecule has 0 aliphatic heterocycles. The molecule has 17 heavy (non-hydrogen) atoms. The number of rotatable bonds is 7. The Hall–Kier alpha value is -0.570. The molecule has 2 N–H and O–H groups in total. The predicted molar refractivity (Wildman–Crippen MR) is 75.7 cm³/mol. The molecule has 0 heterocycles. The zero-order valence-electron chi connectivity index (χ0n) is 11.0. The Morgan fingerprint density at radius 3 is 2.65 bits per heavy atom. The molecule has 0 saturated carbocycles. The lowest BCUT2D eigenvalue weighted by molar-refractivity contribution is 0.547. The molecule has 0 fully saturated rings. The number of hydrogen-bond donors (Lipinski definition) is 2. The third-order valence-electron chi connectivity index (χ3n) is 2.63. The van der Waals surface area contributed by atoms with E-state index in [1.165, 1.54) is 5.56 Å². The van der Waals surface area contributed by atoms with Crippen LogP contribution in [-0.4, -0.2) is 19.1 Å². The summed E-state index contributed by atoms with van der Waals surface area (Å²) in [5.41, 5.74) is 2.44. The highest BCUT2D eigenvalue weighted by molar-refractivity contribution is 6.31. The van der Waals surface area contributed by atoms with Gasteiger partial charge in [-0.1, -0.05) is 37.6 Å². The standard InChI is InChI=1S/C14H23ClN2/c1-11(2)17-8-4-7-16-10-13-5-6-14(15)12(3)9-13/h5-6,9,11,16-17H,4,7-8,10H2,1-3H3. The second kappa shape index (κ2) is 7.70. The molecular weight excluding hydrogens is 232 g/mol. The van der Waals surface area contributed by atoms with Gasteiger partial charge in [0.15, 0.2) is 0 Å². The Bertz CT molecular complexity index is 337. The summed E-state index contributed by atoms with van der Waals surface area (Å²) in [6, 6.07) is 6.76. The van der Waals surface area contributed by atoms with Crippen molar-refractivity contribution in [3.05, 3.63) is 34.3 Å². The van der Waals surface area contributed by atoms with Crippen LogP contribution in [0.25, 0.3) is 0 Å². The SMILES string of the molecule is Cc1cc(CNCCCNC(C)C)ccc1Cl. The van der Waals surface area contributed by atoms with Crippen LogP contribution in [0.4, 0.5) is 0 Å². The van der Waals surface area contributed by atoms with Crippen LogP contribution in [0.1, 0.15) is 31.4 Å². The molecule has 0 saturated heterocycles. The molecule has 1 aromatic carbocycles. The summed E-state index contributed by atoms with van der Waals surface area (Å²) in [4.78, 5) is 0.